The Bertz CT molecular complexity index is 884. The number of hydrogen-bond acceptors (Lipinski definition) is 4. The minimum Gasteiger partial charge on any atom is -0.366 e. The highest BCUT2D eigenvalue weighted by atomic mass is 19.1. The number of piperazine rings is 1. The molecule has 2 heterocycles. The normalized spacial score (nSPS) is 14.2. The first kappa shape index (κ1) is 18.6. The van der Waals surface area contributed by atoms with Crippen molar-refractivity contribution in [2.24, 2.45) is 7.05 Å². The van der Waals surface area contributed by atoms with Gasteiger partial charge in [-0.2, -0.15) is 5.10 Å². The fourth-order valence-electron chi connectivity index (χ4n) is 3.21. The van der Waals surface area contributed by atoms with Crippen LogP contribution >= 0.6 is 0 Å². The zero-order valence-electron chi connectivity index (χ0n) is 15.4. The molecule has 0 spiro atoms. The lowest BCUT2D eigenvalue weighted by Gasteiger charge is -2.36. The van der Waals surface area contributed by atoms with E-state index in [0.717, 1.165) is 5.69 Å². The highest BCUT2D eigenvalue weighted by Gasteiger charge is 2.24. The van der Waals surface area contributed by atoms with Crippen LogP contribution in [0, 0.1) is 12.7 Å². The molecule has 0 bridgehead atoms. The van der Waals surface area contributed by atoms with E-state index < -0.39 is 11.7 Å². The third-order valence-electron chi connectivity index (χ3n) is 4.62. The summed E-state index contributed by atoms with van der Waals surface area (Å²) >= 11 is 0. The number of benzene rings is 1. The third-order valence-corrected chi connectivity index (χ3v) is 4.62. The number of amides is 2. The van der Waals surface area contributed by atoms with Gasteiger partial charge in [-0.3, -0.25) is 14.3 Å². The summed E-state index contributed by atoms with van der Waals surface area (Å²) in [6.07, 6.45) is 1.31. The zero-order valence-corrected chi connectivity index (χ0v) is 15.4. The molecule has 1 saturated heterocycles. The van der Waals surface area contributed by atoms with Crippen molar-refractivity contribution in [3.63, 3.8) is 0 Å². The van der Waals surface area contributed by atoms with Crippen molar-refractivity contribution in [3.8, 4) is 0 Å². The standard InChI is InChI=1S/C19H22FN5O2/c1-4-16(26)25-11-9-24(10-12-25)15-8-6-5-7-14(15)21-19(27)18-17(20)13(2)22-23(18)3/h4-8H,1,9-12H2,2-3H3,(H,21,27). The number of aromatic nitrogens is 2. The van der Waals surface area contributed by atoms with Gasteiger partial charge in [-0.25, -0.2) is 4.39 Å². The van der Waals surface area contributed by atoms with E-state index in [-0.39, 0.29) is 17.3 Å². The van der Waals surface area contributed by atoms with Crippen LogP contribution in [0.4, 0.5) is 15.8 Å². The summed E-state index contributed by atoms with van der Waals surface area (Å²) in [7, 11) is 1.53. The van der Waals surface area contributed by atoms with Crippen LogP contribution in [0.15, 0.2) is 36.9 Å². The van der Waals surface area contributed by atoms with Crippen LogP contribution < -0.4 is 10.2 Å². The van der Waals surface area contributed by atoms with Crippen LogP contribution in [-0.4, -0.2) is 52.7 Å². The summed E-state index contributed by atoms with van der Waals surface area (Å²) < 4.78 is 15.4. The summed E-state index contributed by atoms with van der Waals surface area (Å²) in [5.74, 6) is -1.26. The molecule has 7 nitrogen and oxygen atoms in total. The highest BCUT2D eigenvalue weighted by molar-refractivity contribution is 6.05. The van der Waals surface area contributed by atoms with E-state index >= 15 is 0 Å². The number of nitrogens with one attached hydrogen (secondary N) is 1. The number of rotatable bonds is 4. The molecule has 2 aromatic rings. The molecule has 1 fully saturated rings. The molecular formula is C19H22FN5O2. The maximum absolute atomic E-state index is 14.2. The van der Waals surface area contributed by atoms with Crippen molar-refractivity contribution >= 4 is 23.2 Å². The predicted molar refractivity (Wildman–Crippen MR) is 101 cm³/mol. The summed E-state index contributed by atoms with van der Waals surface area (Å²) in [5.41, 5.74) is 1.49. The Morgan fingerprint density at radius 2 is 1.89 bits per heavy atom. The van der Waals surface area contributed by atoms with Crippen LogP contribution in [0.2, 0.25) is 0 Å². The van der Waals surface area contributed by atoms with E-state index in [9.17, 15) is 14.0 Å². The van der Waals surface area contributed by atoms with Crippen LogP contribution in [-0.2, 0) is 11.8 Å². The molecule has 1 aliphatic heterocycles. The summed E-state index contributed by atoms with van der Waals surface area (Å²) in [6.45, 7) is 7.44. The number of nitrogens with zero attached hydrogens (tertiary/aromatic N) is 4. The Morgan fingerprint density at radius 3 is 2.48 bits per heavy atom. The van der Waals surface area contributed by atoms with Gasteiger partial charge >= 0.3 is 0 Å². The van der Waals surface area contributed by atoms with Gasteiger partial charge in [-0.15, -0.1) is 0 Å². The number of carbonyl (C=O) groups excluding carboxylic acids is 2. The number of anilines is 2. The minimum absolute atomic E-state index is 0.0849. The number of carbonyl (C=O) groups is 2. The van der Waals surface area contributed by atoms with Crippen LogP contribution in [0.3, 0.4) is 0 Å². The lowest BCUT2D eigenvalue weighted by atomic mass is 10.2. The molecule has 0 aliphatic carbocycles. The lowest BCUT2D eigenvalue weighted by Crippen LogP contribution is -2.48. The van der Waals surface area contributed by atoms with Gasteiger partial charge < -0.3 is 15.1 Å². The molecule has 3 rings (SSSR count). The highest BCUT2D eigenvalue weighted by Crippen LogP contribution is 2.27. The summed E-state index contributed by atoms with van der Waals surface area (Å²) in [4.78, 5) is 28.1. The van der Waals surface area contributed by atoms with Gasteiger partial charge in [0.05, 0.1) is 17.1 Å². The van der Waals surface area contributed by atoms with Crippen molar-refractivity contribution in [2.75, 3.05) is 36.4 Å². The van der Waals surface area contributed by atoms with Gasteiger partial charge in [0, 0.05) is 33.2 Å². The van der Waals surface area contributed by atoms with E-state index in [1.165, 1.54) is 24.7 Å². The van der Waals surface area contributed by atoms with Gasteiger partial charge in [0.1, 0.15) is 0 Å². The predicted octanol–water partition coefficient (Wildman–Crippen LogP) is 1.95. The molecule has 0 radical (unpaired) electrons. The average Bonchev–Trinajstić information content (AvgIpc) is 2.93. The molecule has 1 aromatic heterocycles. The number of halogens is 1. The monoisotopic (exact) mass is 371 g/mol. The fraction of sp³-hybridized carbons (Fsp3) is 0.316. The first-order valence-electron chi connectivity index (χ1n) is 8.68. The van der Waals surface area contributed by atoms with Crippen molar-refractivity contribution in [3.05, 3.63) is 54.1 Å². The molecule has 27 heavy (non-hydrogen) atoms. The Morgan fingerprint density at radius 1 is 1.22 bits per heavy atom. The first-order valence-corrected chi connectivity index (χ1v) is 8.68. The van der Waals surface area contributed by atoms with Crippen molar-refractivity contribution in [1.29, 1.82) is 0 Å². The molecular weight excluding hydrogens is 349 g/mol. The quantitative estimate of drug-likeness (QED) is 0.834. The number of para-hydroxylation sites is 2. The molecule has 2 amide bonds. The van der Waals surface area contributed by atoms with Gasteiger partial charge in [0.15, 0.2) is 11.5 Å². The average molecular weight is 371 g/mol. The Labute approximate surface area is 157 Å². The minimum atomic E-state index is -0.621. The fourth-order valence-corrected chi connectivity index (χ4v) is 3.21. The van der Waals surface area contributed by atoms with Crippen molar-refractivity contribution in [2.45, 2.75) is 6.92 Å². The Balaban J connectivity index is 1.78. The molecule has 1 aromatic carbocycles. The molecule has 8 heteroatoms. The van der Waals surface area contributed by atoms with E-state index in [0.29, 0.717) is 31.9 Å². The van der Waals surface area contributed by atoms with Crippen LogP contribution in [0.5, 0.6) is 0 Å². The second-order valence-electron chi connectivity index (χ2n) is 6.36. The summed E-state index contributed by atoms with van der Waals surface area (Å²) in [6, 6.07) is 7.35. The second-order valence-corrected chi connectivity index (χ2v) is 6.36. The lowest BCUT2D eigenvalue weighted by molar-refractivity contribution is -0.126. The van der Waals surface area contributed by atoms with Crippen LogP contribution in [0.1, 0.15) is 16.2 Å². The van der Waals surface area contributed by atoms with E-state index in [2.05, 4.69) is 21.9 Å². The largest absolute Gasteiger partial charge is 0.366 e. The van der Waals surface area contributed by atoms with Crippen LogP contribution in [0.25, 0.3) is 0 Å². The molecule has 1 aliphatic rings. The smallest absolute Gasteiger partial charge is 0.277 e. The van der Waals surface area contributed by atoms with E-state index in [1.807, 2.05) is 12.1 Å². The van der Waals surface area contributed by atoms with Gasteiger partial charge in [0.2, 0.25) is 5.91 Å². The number of aryl methyl sites for hydroxylation is 2. The van der Waals surface area contributed by atoms with E-state index in [4.69, 9.17) is 0 Å². The molecule has 142 valence electrons. The SMILES string of the molecule is C=CC(=O)N1CCN(c2ccccc2NC(=O)c2c(F)c(C)nn2C)CC1. The molecule has 0 atom stereocenters. The Kier molecular flexibility index (Phi) is 5.25. The zero-order chi connectivity index (χ0) is 19.6. The topological polar surface area (TPSA) is 70.5 Å². The number of hydrogen-bond donors (Lipinski definition) is 1. The summed E-state index contributed by atoms with van der Waals surface area (Å²) in [5, 5.41) is 6.73. The second kappa shape index (κ2) is 7.61. The Hall–Kier alpha value is -3.16. The van der Waals surface area contributed by atoms with Crippen molar-refractivity contribution < 1.29 is 14.0 Å². The first-order chi connectivity index (χ1) is 12.9. The third kappa shape index (κ3) is 3.69. The van der Waals surface area contributed by atoms with Gasteiger partial charge in [-0.05, 0) is 25.1 Å². The maximum atomic E-state index is 14.2. The molecule has 0 saturated carbocycles. The molecule has 1 N–H and O–H groups in total. The van der Waals surface area contributed by atoms with Gasteiger partial charge in [-0.1, -0.05) is 18.7 Å². The van der Waals surface area contributed by atoms with Crippen molar-refractivity contribution in [1.82, 2.24) is 14.7 Å². The maximum Gasteiger partial charge on any atom is 0.277 e. The molecule has 0 unspecified atom stereocenters. The van der Waals surface area contributed by atoms with E-state index in [1.54, 1.807) is 17.0 Å². The van der Waals surface area contributed by atoms with Gasteiger partial charge in [0.25, 0.3) is 5.91 Å².